The second-order valence-corrected chi connectivity index (χ2v) is 8.22. The van der Waals surface area contributed by atoms with Crippen molar-refractivity contribution in [2.75, 3.05) is 27.2 Å². The lowest BCUT2D eigenvalue weighted by Gasteiger charge is -2.11. The lowest BCUT2D eigenvalue weighted by atomic mass is 10.2. The van der Waals surface area contributed by atoms with E-state index in [4.69, 9.17) is 4.74 Å². The zero-order chi connectivity index (χ0) is 25.7. The monoisotopic (exact) mass is 499 g/mol. The topological polar surface area (TPSA) is 81.5 Å². The Hall–Kier alpha value is -4.12. The Morgan fingerprint density at radius 2 is 1.83 bits per heavy atom. The first-order chi connectivity index (χ1) is 17.2. The zero-order valence-corrected chi connectivity index (χ0v) is 19.6. The zero-order valence-electron chi connectivity index (χ0n) is 19.6. The fraction of sp³-hybridized carbons (Fsp3) is 0.240. The molecule has 0 aliphatic carbocycles. The van der Waals surface area contributed by atoms with E-state index in [0.29, 0.717) is 34.6 Å². The predicted octanol–water partition coefficient (Wildman–Crippen LogP) is 4.19. The first-order valence-electron chi connectivity index (χ1n) is 11.0. The number of halogens is 3. The number of alkyl halides is 3. The van der Waals surface area contributed by atoms with Crippen LogP contribution >= 0.6 is 0 Å². The number of imidazole rings is 1. The quantitative estimate of drug-likeness (QED) is 0.372. The van der Waals surface area contributed by atoms with Gasteiger partial charge in [0.15, 0.2) is 5.65 Å². The van der Waals surface area contributed by atoms with Crippen LogP contribution in [0.5, 0.6) is 11.5 Å². The van der Waals surface area contributed by atoms with E-state index in [1.165, 1.54) is 30.5 Å². The Balaban J connectivity index is 1.43. The Morgan fingerprint density at radius 3 is 2.56 bits per heavy atom. The van der Waals surface area contributed by atoms with Gasteiger partial charge in [-0.2, -0.15) is 0 Å². The summed E-state index contributed by atoms with van der Waals surface area (Å²) in [6.07, 6.45) is -1.60. The van der Waals surface area contributed by atoms with E-state index >= 15 is 0 Å². The SMILES string of the molecule is CN(C)CCNC(=O)c1cnc2c(c1)ncn2-c1cccc(OCc2ccc(OC(F)(F)F)cc2)c1. The summed E-state index contributed by atoms with van der Waals surface area (Å²) in [6.45, 7) is 1.41. The van der Waals surface area contributed by atoms with Gasteiger partial charge in [-0.3, -0.25) is 9.36 Å². The number of nitrogens with zero attached hydrogens (tertiary/aromatic N) is 4. The molecular weight excluding hydrogens is 475 g/mol. The first kappa shape index (κ1) is 25.0. The summed E-state index contributed by atoms with van der Waals surface area (Å²) >= 11 is 0. The molecule has 0 aliphatic heterocycles. The van der Waals surface area contributed by atoms with Gasteiger partial charge in [0, 0.05) is 25.4 Å². The third-order valence-corrected chi connectivity index (χ3v) is 5.15. The Morgan fingerprint density at radius 1 is 1.06 bits per heavy atom. The van der Waals surface area contributed by atoms with Crippen LogP contribution < -0.4 is 14.8 Å². The molecule has 0 fully saturated rings. The first-order valence-corrected chi connectivity index (χ1v) is 11.0. The van der Waals surface area contributed by atoms with Crippen LogP contribution in [-0.4, -0.2) is 58.9 Å². The van der Waals surface area contributed by atoms with Crippen molar-refractivity contribution in [2.45, 2.75) is 13.0 Å². The normalized spacial score (nSPS) is 11.6. The highest BCUT2D eigenvalue weighted by Crippen LogP contribution is 2.24. The van der Waals surface area contributed by atoms with E-state index in [0.717, 1.165) is 12.2 Å². The molecule has 2 heterocycles. The van der Waals surface area contributed by atoms with Gasteiger partial charge >= 0.3 is 6.36 Å². The van der Waals surface area contributed by atoms with Gasteiger partial charge in [-0.05, 0) is 50.0 Å². The number of benzene rings is 2. The molecular formula is C25H24F3N5O3. The lowest BCUT2D eigenvalue weighted by Crippen LogP contribution is -2.31. The van der Waals surface area contributed by atoms with Gasteiger partial charge in [0.2, 0.25) is 0 Å². The molecule has 36 heavy (non-hydrogen) atoms. The summed E-state index contributed by atoms with van der Waals surface area (Å²) in [6, 6.07) is 14.4. The van der Waals surface area contributed by atoms with Gasteiger partial charge < -0.3 is 19.7 Å². The maximum Gasteiger partial charge on any atom is 0.573 e. The molecule has 0 saturated carbocycles. The molecule has 188 valence electrons. The molecule has 1 N–H and O–H groups in total. The molecule has 0 atom stereocenters. The molecule has 4 rings (SSSR count). The number of hydrogen-bond donors (Lipinski definition) is 1. The Bertz CT molecular complexity index is 1340. The number of carbonyl (C=O) groups is 1. The van der Waals surface area contributed by atoms with Crippen LogP contribution in [0.4, 0.5) is 13.2 Å². The van der Waals surface area contributed by atoms with Gasteiger partial charge in [0.25, 0.3) is 5.91 Å². The smallest absolute Gasteiger partial charge is 0.489 e. The van der Waals surface area contributed by atoms with Crippen LogP contribution in [0, 0.1) is 0 Å². The lowest BCUT2D eigenvalue weighted by molar-refractivity contribution is -0.274. The molecule has 11 heteroatoms. The van der Waals surface area contributed by atoms with E-state index in [2.05, 4.69) is 20.0 Å². The summed E-state index contributed by atoms with van der Waals surface area (Å²) in [4.78, 5) is 23.2. The summed E-state index contributed by atoms with van der Waals surface area (Å²) < 4.78 is 48.4. The number of carbonyl (C=O) groups excluding carboxylic acids is 1. The number of hydrogen-bond acceptors (Lipinski definition) is 6. The second-order valence-electron chi connectivity index (χ2n) is 8.22. The molecule has 0 unspecified atom stereocenters. The number of likely N-dealkylation sites (N-methyl/N-ethyl adjacent to an activating group) is 1. The molecule has 1 amide bonds. The predicted molar refractivity (Wildman–Crippen MR) is 127 cm³/mol. The van der Waals surface area contributed by atoms with E-state index < -0.39 is 6.36 Å². The minimum Gasteiger partial charge on any atom is -0.489 e. The molecule has 8 nitrogen and oxygen atoms in total. The van der Waals surface area contributed by atoms with Crippen molar-refractivity contribution < 1.29 is 27.4 Å². The van der Waals surface area contributed by atoms with E-state index in [9.17, 15) is 18.0 Å². The highest BCUT2D eigenvalue weighted by Gasteiger charge is 2.30. The summed E-state index contributed by atoms with van der Waals surface area (Å²) in [5, 5.41) is 2.85. The van der Waals surface area contributed by atoms with Crippen molar-refractivity contribution in [3.8, 4) is 17.2 Å². The molecule has 2 aromatic heterocycles. The van der Waals surface area contributed by atoms with Gasteiger partial charge in [0.1, 0.15) is 29.9 Å². The Kier molecular flexibility index (Phi) is 7.39. The fourth-order valence-corrected chi connectivity index (χ4v) is 3.39. The molecule has 0 bridgehead atoms. The maximum absolute atomic E-state index is 12.4. The molecule has 4 aromatic rings. The van der Waals surface area contributed by atoms with Crippen LogP contribution in [0.3, 0.4) is 0 Å². The van der Waals surface area contributed by atoms with Gasteiger partial charge in [-0.25, -0.2) is 9.97 Å². The molecule has 0 spiro atoms. The summed E-state index contributed by atoms with van der Waals surface area (Å²) in [5.74, 6) is 0.0537. The van der Waals surface area contributed by atoms with Crippen LogP contribution in [0.25, 0.3) is 16.9 Å². The van der Waals surface area contributed by atoms with Crippen LogP contribution in [0.15, 0.2) is 67.1 Å². The number of fused-ring (bicyclic) bond motifs is 1. The third-order valence-electron chi connectivity index (χ3n) is 5.15. The average molecular weight is 499 g/mol. The molecule has 0 saturated heterocycles. The number of nitrogens with one attached hydrogen (secondary N) is 1. The minimum atomic E-state index is -4.73. The van der Waals surface area contributed by atoms with Gasteiger partial charge in [0.05, 0.1) is 11.3 Å². The van der Waals surface area contributed by atoms with E-state index in [1.807, 2.05) is 31.1 Å². The highest BCUT2D eigenvalue weighted by atomic mass is 19.4. The highest BCUT2D eigenvalue weighted by molar-refractivity contribution is 5.96. The maximum atomic E-state index is 12.4. The molecule has 2 aromatic carbocycles. The van der Waals surface area contributed by atoms with Crippen molar-refractivity contribution in [1.82, 2.24) is 24.8 Å². The van der Waals surface area contributed by atoms with Crippen LogP contribution in [0.2, 0.25) is 0 Å². The largest absolute Gasteiger partial charge is 0.573 e. The van der Waals surface area contributed by atoms with E-state index in [1.54, 1.807) is 29.1 Å². The van der Waals surface area contributed by atoms with Crippen LogP contribution in [0.1, 0.15) is 15.9 Å². The van der Waals surface area contributed by atoms with E-state index in [-0.39, 0.29) is 18.3 Å². The summed E-state index contributed by atoms with van der Waals surface area (Å²) in [5.41, 5.74) is 3.01. The van der Waals surface area contributed by atoms with Crippen LogP contribution in [-0.2, 0) is 6.61 Å². The minimum absolute atomic E-state index is 0.158. The number of aromatic nitrogens is 3. The second kappa shape index (κ2) is 10.6. The van der Waals surface area contributed by atoms with Gasteiger partial charge in [-0.1, -0.05) is 18.2 Å². The van der Waals surface area contributed by atoms with Gasteiger partial charge in [-0.15, -0.1) is 13.2 Å². The summed E-state index contributed by atoms with van der Waals surface area (Å²) in [7, 11) is 3.86. The third kappa shape index (κ3) is 6.51. The fourth-order valence-electron chi connectivity index (χ4n) is 3.39. The molecule has 0 aliphatic rings. The van der Waals surface area contributed by atoms with Crippen molar-refractivity contribution in [2.24, 2.45) is 0 Å². The number of pyridine rings is 1. The van der Waals surface area contributed by atoms with Crippen molar-refractivity contribution in [3.05, 3.63) is 78.2 Å². The van der Waals surface area contributed by atoms with Crippen molar-refractivity contribution >= 4 is 17.1 Å². The number of ether oxygens (including phenoxy) is 2. The van der Waals surface area contributed by atoms with Crippen molar-refractivity contribution in [3.63, 3.8) is 0 Å². The average Bonchev–Trinajstić information content (AvgIpc) is 3.26. The molecule has 0 radical (unpaired) electrons. The Labute approximate surface area is 205 Å². The van der Waals surface area contributed by atoms with Crippen molar-refractivity contribution in [1.29, 1.82) is 0 Å². The number of amides is 1. The number of rotatable bonds is 9. The standard InChI is InChI=1S/C25H24F3N5O3/c1-32(2)11-10-29-24(34)18-12-22-23(30-14-18)33(16-31-22)19-4-3-5-21(13-19)35-15-17-6-8-20(9-7-17)36-25(26,27)28/h3-9,12-14,16H,10-11,15H2,1-2H3,(H,29,34).